The number of nitrogens with zero attached hydrogens (tertiary/aromatic N) is 2. The van der Waals surface area contributed by atoms with Crippen LogP contribution in [0.4, 0.5) is 5.82 Å². The topological polar surface area (TPSA) is 43.8 Å². The summed E-state index contributed by atoms with van der Waals surface area (Å²) in [5, 5.41) is 1.17. The molecule has 2 fully saturated rings. The lowest BCUT2D eigenvalue weighted by Gasteiger charge is -2.38. The first-order valence-electron chi connectivity index (χ1n) is 8.17. The lowest BCUT2D eigenvalue weighted by atomic mass is 10.0. The molecule has 0 unspecified atom stereocenters. The van der Waals surface area contributed by atoms with E-state index in [0.29, 0.717) is 13.2 Å². The van der Waals surface area contributed by atoms with Gasteiger partial charge < -0.3 is 19.1 Å². The molecule has 2 aliphatic heterocycles. The van der Waals surface area contributed by atoms with Crippen LogP contribution < -0.4 is 9.64 Å². The highest BCUT2D eigenvalue weighted by molar-refractivity contribution is 5.85. The average Bonchev–Trinajstić information content (AvgIpc) is 3.03. The summed E-state index contributed by atoms with van der Waals surface area (Å²) in [4.78, 5) is 7.17. The van der Waals surface area contributed by atoms with Crippen molar-refractivity contribution in [2.75, 3.05) is 38.3 Å². The van der Waals surface area contributed by atoms with Crippen LogP contribution >= 0.6 is 0 Å². The zero-order valence-electron chi connectivity index (χ0n) is 13.7. The van der Waals surface area contributed by atoms with E-state index in [-0.39, 0.29) is 5.79 Å². The van der Waals surface area contributed by atoms with Crippen LogP contribution in [0.1, 0.15) is 18.4 Å². The van der Waals surface area contributed by atoms with E-state index in [2.05, 4.69) is 24.0 Å². The maximum atomic E-state index is 5.80. The second-order valence-electron chi connectivity index (χ2n) is 6.28. The van der Waals surface area contributed by atoms with Crippen molar-refractivity contribution in [3.8, 4) is 5.75 Å². The van der Waals surface area contributed by atoms with Crippen molar-refractivity contribution in [2.24, 2.45) is 0 Å². The van der Waals surface area contributed by atoms with E-state index in [0.717, 1.165) is 43.0 Å². The predicted molar refractivity (Wildman–Crippen MR) is 89.1 cm³/mol. The van der Waals surface area contributed by atoms with Crippen LogP contribution in [-0.2, 0) is 9.47 Å². The Balaban J connectivity index is 1.61. The molecule has 0 aliphatic carbocycles. The second-order valence-corrected chi connectivity index (χ2v) is 6.28. The predicted octanol–water partition coefficient (Wildman–Crippen LogP) is 2.90. The first kappa shape index (κ1) is 14.7. The van der Waals surface area contributed by atoms with E-state index in [4.69, 9.17) is 19.2 Å². The van der Waals surface area contributed by atoms with E-state index in [1.807, 2.05) is 12.1 Å². The van der Waals surface area contributed by atoms with Crippen LogP contribution in [0.25, 0.3) is 10.9 Å². The fourth-order valence-corrected chi connectivity index (χ4v) is 3.52. The van der Waals surface area contributed by atoms with Crippen LogP contribution in [0.3, 0.4) is 0 Å². The number of piperidine rings is 1. The third kappa shape index (κ3) is 2.64. The summed E-state index contributed by atoms with van der Waals surface area (Å²) >= 11 is 0. The molecule has 0 amide bonds. The highest BCUT2D eigenvalue weighted by Gasteiger charge is 2.40. The van der Waals surface area contributed by atoms with Gasteiger partial charge in [0.05, 0.1) is 25.8 Å². The minimum Gasteiger partial charge on any atom is -0.497 e. The number of anilines is 1. The molecule has 0 atom stereocenters. The molecule has 1 spiro atoms. The number of aromatic nitrogens is 1. The van der Waals surface area contributed by atoms with E-state index in [9.17, 15) is 0 Å². The van der Waals surface area contributed by atoms with Crippen molar-refractivity contribution in [1.29, 1.82) is 0 Å². The normalized spacial score (nSPS) is 20.3. The number of fused-ring (bicyclic) bond motifs is 1. The number of hydrogen-bond acceptors (Lipinski definition) is 5. The van der Waals surface area contributed by atoms with Crippen LogP contribution in [0.5, 0.6) is 5.75 Å². The summed E-state index contributed by atoms with van der Waals surface area (Å²) in [5.41, 5.74) is 2.22. The average molecular weight is 314 g/mol. The van der Waals surface area contributed by atoms with Gasteiger partial charge in [-0.1, -0.05) is 0 Å². The SMILES string of the molecule is COc1ccc2c(C)cc(N3CCC4(CC3)OCCO4)nc2c1. The molecule has 0 saturated carbocycles. The first-order chi connectivity index (χ1) is 11.2. The highest BCUT2D eigenvalue weighted by Crippen LogP contribution is 2.34. The molecule has 3 heterocycles. The van der Waals surface area contributed by atoms with Crippen molar-refractivity contribution in [1.82, 2.24) is 4.98 Å². The zero-order chi connectivity index (χ0) is 15.9. The van der Waals surface area contributed by atoms with E-state index in [1.54, 1.807) is 7.11 Å². The van der Waals surface area contributed by atoms with Crippen molar-refractivity contribution in [3.63, 3.8) is 0 Å². The Labute approximate surface area is 136 Å². The Hall–Kier alpha value is -1.85. The Morgan fingerprint density at radius 3 is 2.57 bits per heavy atom. The first-order valence-corrected chi connectivity index (χ1v) is 8.17. The van der Waals surface area contributed by atoms with Gasteiger partial charge in [0, 0.05) is 37.4 Å². The molecule has 0 radical (unpaired) electrons. The Bertz CT molecular complexity index is 716. The second kappa shape index (κ2) is 5.65. The summed E-state index contributed by atoms with van der Waals surface area (Å²) in [5.74, 6) is 1.52. The van der Waals surface area contributed by atoms with Gasteiger partial charge in [-0.2, -0.15) is 0 Å². The maximum Gasteiger partial charge on any atom is 0.171 e. The molecule has 23 heavy (non-hydrogen) atoms. The minimum atomic E-state index is -0.342. The monoisotopic (exact) mass is 314 g/mol. The third-order valence-corrected chi connectivity index (χ3v) is 4.87. The molecule has 1 aromatic carbocycles. The van der Waals surface area contributed by atoms with Gasteiger partial charge in [0.25, 0.3) is 0 Å². The number of pyridine rings is 1. The van der Waals surface area contributed by atoms with Gasteiger partial charge in [-0.25, -0.2) is 4.98 Å². The van der Waals surface area contributed by atoms with Gasteiger partial charge in [-0.05, 0) is 30.7 Å². The molecule has 2 saturated heterocycles. The van der Waals surface area contributed by atoms with E-state index < -0.39 is 0 Å². The van der Waals surface area contributed by atoms with Crippen molar-refractivity contribution in [3.05, 3.63) is 29.8 Å². The van der Waals surface area contributed by atoms with Crippen molar-refractivity contribution >= 4 is 16.7 Å². The Morgan fingerprint density at radius 1 is 1.13 bits per heavy atom. The van der Waals surface area contributed by atoms with Crippen LogP contribution in [0.2, 0.25) is 0 Å². The number of methoxy groups -OCH3 is 1. The molecule has 122 valence electrons. The fourth-order valence-electron chi connectivity index (χ4n) is 3.52. The minimum absolute atomic E-state index is 0.342. The number of benzene rings is 1. The molecule has 0 bridgehead atoms. The van der Waals surface area contributed by atoms with Crippen LogP contribution in [-0.4, -0.2) is 44.2 Å². The smallest absolute Gasteiger partial charge is 0.171 e. The van der Waals surface area contributed by atoms with Gasteiger partial charge in [0.1, 0.15) is 11.6 Å². The number of ether oxygens (including phenoxy) is 3. The number of hydrogen-bond donors (Lipinski definition) is 0. The number of rotatable bonds is 2. The molecule has 5 nitrogen and oxygen atoms in total. The Kier molecular flexibility index (Phi) is 3.62. The molecule has 1 aromatic heterocycles. The molecule has 2 aliphatic rings. The van der Waals surface area contributed by atoms with Crippen molar-refractivity contribution < 1.29 is 14.2 Å². The van der Waals surface area contributed by atoms with E-state index >= 15 is 0 Å². The quantitative estimate of drug-likeness (QED) is 0.853. The van der Waals surface area contributed by atoms with Crippen LogP contribution in [0.15, 0.2) is 24.3 Å². The van der Waals surface area contributed by atoms with Gasteiger partial charge >= 0.3 is 0 Å². The molecule has 2 aromatic rings. The summed E-state index contributed by atoms with van der Waals surface area (Å²) < 4.78 is 16.9. The lowest BCUT2D eigenvalue weighted by molar-refractivity contribution is -0.169. The largest absolute Gasteiger partial charge is 0.497 e. The molecule has 5 heteroatoms. The standard InChI is InChI=1S/C18H22N2O3/c1-13-11-17(19-16-12-14(21-2)3-4-15(13)16)20-7-5-18(6-8-20)22-9-10-23-18/h3-4,11-12H,5-10H2,1-2H3. The van der Waals surface area contributed by atoms with Gasteiger partial charge in [0.2, 0.25) is 0 Å². The van der Waals surface area contributed by atoms with Crippen LogP contribution in [0, 0.1) is 6.92 Å². The summed E-state index contributed by atoms with van der Waals surface area (Å²) in [6, 6.07) is 8.23. The number of aryl methyl sites for hydroxylation is 1. The van der Waals surface area contributed by atoms with E-state index in [1.165, 1.54) is 10.9 Å². The summed E-state index contributed by atoms with van der Waals surface area (Å²) in [6.45, 7) is 5.37. The highest BCUT2D eigenvalue weighted by atomic mass is 16.7. The molecular weight excluding hydrogens is 292 g/mol. The molecule has 0 N–H and O–H groups in total. The third-order valence-electron chi connectivity index (χ3n) is 4.87. The maximum absolute atomic E-state index is 5.80. The zero-order valence-corrected chi connectivity index (χ0v) is 13.7. The summed E-state index contributed by atoms with van der Waals surface area (Å²) in [7, 11) is 1.68. The molecular formula is C18H22N2O3. The van der Waals surface area contributed by atoms with Gasteiger partial charge in [0.15, 0.2) is 5.79 Å². The lowest BCUT2D eigenvalue weighted by Crippen LogP contribution is -2.45. The fraction of sp³-hybridized carbons (Fsp3) is 0.500. The molecule has 4 rings (SSSR count). The summed E-state index contributed by atoms with van der Waals surface area (Å²) in [6.07, 6.45) is 1.79. The Morgan fingerprint density at radius 2 is 1.87 bits per heavy atom. The van der Waals surface area contributed by atoms with Crippen molar-refractivity contribution in [2.45, 2.75) is 25.6 Å². The van der Waals surface area contributed by atoms with Gasteiger partial charge in [-0.15, -0.1) is 0 Å². The van der Waals surface area contributed by atoms with Gasteiger partial charge in [-0.3, -0.25) is 0 Å².